The Kier molecular flexibility index (Phi) is 2.32. The van der Waals surface area contributed by atoms with Crippen LogP contribution in [0, 0.1) is 11.8 Å². The minimum atomic E-state index is 0.0711. The third kappa shape index (κ3) is 1.47. The number of likely N-dealkylation sites (tertiary alicyclic amines) is 1. The maximum Gasteiger partial charge on any atom is 0.233 e. The van der Waals surface area contributed by atoms with Crippen LogP contribution in [0.3, 0.4) is 0 Å². The lowest BCUT2D eigenvalue weighted by Gasteiger charge is -2.15. The lowest BCUT2D eigenvalue weighted by molar-refractivity contribution is -0.141. The topological polar surface area (TPSA) is 37.4 Å². The number of rotatable bonds is 4. The van der Waals surface area contributed by atoms with Gasteiger partial charge in [0.2, 0.25) is 11.8 Å². The largest absolute Gasteiger partial charge is 0.282 e. The Hall–Kier alpha value is -0.510. The Morgan fingerprint density at radius 1 is 1.38 bits per heavy atom. The van der Waals surface area contributed by atoms with Gasteiger partial charge >= 0.3 is 0 Å². The van der Waals surface area contributed by atoms with Gasteiger partial charge in [-0.25, -0.2) is 0 Å². The standard InChI is InChI=1S/C9H13NO2S/c1-13-4-2-3-10-8(11)6-5-7(6)9(10)12/h6-7H,2-5H2,1H3. The second-order valence-electron chi connectivity index (χ2n) is 3.62. The number of fused-ring (bicyclic) bond motifs is 1. The fraction of sp³-hybridized carbons (Fsp3) is 0.778. The summed E-state index contributed by atoms with van der Waals surface area (Å²) in [6.07, 6.45) is 3.78. The van der Waals surface area contributed by atoms with Crippen molar-refractivity contribution in [3.05, 3.63) is 0 Å². The molecule has 2 rings (SSSR count). The Labute approximate surface area is 81.9 Å². The molecule has 2 fully saturated rings. The molecule has 0 aromatic rings. The predicted molar refractivity (Wildman–Crippen MR) is 51.3 cm³/mol. The van der Waals surface area contributed by atoms with Gasteiger partial charge in [0.15, 0.2) is 0 Å². The van der Waals surface area contributed by atoms with Crippen LogP contribution < -0.4 is 0 Å². The predicted octanol–water partition coefficient (Wildman–Crippen LogP) is 0.744. The minimum absolute atomic E-state index is 0.0711. The number of carbonyl (C=O) groups excluding carboxylic acids is 2. The number of amides is 2. The number of thioether (sulfide) groups is 1. The number of hydrogen-bond acceptors (Lipinski definition) is 3. The van der Waals surface area contributed by atoms with Gasteiger partial charge in [0.1, 0.15) is 0 Å². The summed E-state index contributed by atoms with van der Waals surface area (Å²) in [5.41, 5.74) is 0. The van der Waals surface area contributed by atoms with Gasteiger partial charge in [-0.1, -0.05) is 0 Å². The second-order valence-corrected chi connectivity index (χ2v) is 4.61. The number of hydrogen-bond donors (Lipinski definition) is 0. The third-order valence-corrected chi connectivity index (χ3v) is 3.38. The van der Waals surface area contributed by atoms with Crippen molar-refractivity contribution < 1.29 is 9.59 Å². The number of imide groups is 1. The highest BCUT2D eigenvalue weighted by atomic mass is 32.2. The van der Waals surface area contributed by atoms with Gasteiger partial charge in [0.05, 0.1) is 11.8 Å². The van der Waals surface area contributed by atoms with Crippen molar-refractivity contribution in [1.82, 2.24) is 4.90 Å². The zero-order chi connectivity index (χ0) is 9.42. The molecule has 13 heavy (non-hydrogen) atoms. The zero-order valence-corrected chi connectivity index (χ0v) is 8.47. The lowest BCUT2D eigenvalue weighted by Crippen LogP contribution is -2.33. The molecule has 1 saturated carbocycles. The fourth-order valence-corrected chi connectivity index (χ4v) is 2.25. The molecule has 2 amide bonds. The quantitative estimate of drug-likeness (QED) is 0.495. The summed E-state index contributed by atoms with van der Waals surface area (Å²) in [6, 6.07) is 0. The summed E-state index contributed by atoms with van der Waals surface area (Å²) < 4.78 is 0. The summed E-state index contributed by atoms with van der Waals surface area (Å²) in [5.74, 6) is 1.32. The van der Waals surface area contributed by atoms with Crippen molar-refractivity contribution in [3.8, 4) is 0 Å². The fourth-order valence-electron chi connectivity index (χ4n) is 1.84. The summed E-state index contributed by atoms with van der Waals surface area (Å²) in [7, 11) is 0. The summed E-state index contributed by atoms with van der Waals surface area (Å²) in [4.78, 5) is 24.4. The third-order valence-electron chi connectivity index (χ3n) is 2.69. The molecule has 72 valence electrons. The molecule has 0 N–H and O–H groups in total. The Bertz CT molecular complexity index is 234. The van der Waals surface area contributed by atoms with Crippen LogP contribution in [0.4, 0.5) is 0 Å². The first kappa shape index (κ1) is 9.06. The van der Waals surface area contributed by atoms with E-state index in [1.165, 1.54) is 4.90 Å². The molecule has 4 heteroatoms. The monoisotopic (exact) mass is 199 g/mol. The van der Waals surface area contributed by atoms with Crippen molar-refractivity contribution in [1.29, 1.82) is 0 Å². The number of piperidine rings is 1. The highest BCUT2D eigenvalue weighted by molar-refractivity contribution is 7.98. The van der Waals surface area contributed by atoms with E-state index in [2.05, 4.69) is 0 Å². The van der Waals surface area contributed by atoms with E-state index in [1.807, 2.05) is 6.26 Å². The lowest BCUT2D eigenvalue weighted by atomic mass is 10.3. The average molecular weight is 199 g/mol. The molecular formula is C9H13NO2S. The molecule has 2 unspecified atom stereocenters. The molecule has 0 aromatic heterocycles. The molecule has 0 aromatic carbocycles. The highest BCUT2D eigenvalue weighted by Crippen LogP contribution is 2.46. The summed E-state index contributed by atoms with van der Waals surface area (Å²) in [5, 5.41) is 0. The van der Waals surface area contributed by atoms with Crippen molar-refractivity contribution >= 4 is 23.6 Å². The van der Waals surface area contributed by atoms with Crippen LogP contribution in [0.2, 0.25) is 0 Å². The Balaban J connectivity index is 1.86. The molecule has 0 spiro atoms. The van der Waals surface area contributed by atoms with E-state index in [9.17, 15) is 9.59 Å². The number of carbonyl (C=O) groups is 2. The van der Waals surface area contributed by atoms with E-state index in [1.54, 1.807) is 11.8 Å². The average Bonchev–Trinajstić information content (AvgIpc) is 2.85. The summed E-state index contributed by atoms with van der Waals surface area (Å²) in [6.45, 7) is 0.630. The SMILES string of the molecule is CSCCCN1C(=O)C2CC2C1=O. The molecule has 0 bridgehead atoms. The van der Waals surface area contributed by atoms with Crippen molar-refractivity contribution in [3.63, 3.8) is 0 Å². The van der Waals surface area contributed by atoms with Crippen molar-refractivity contribution in [2.75, 3.05) is 18.6 Å². The van der Waals surface area contributed by atoms with Gasteiger partial charge in [-0.05, 0) is 24.9 Å². The number of nitrogens with zero attached hydrogens (tertiary/aromatic N) is 1. The molecular weight excluding hydrogens is 186 g/mol. The van der Waals surface area contributed by atoms with Gasteiger partial charge in [0, 0.05) is 6.54 Å². The van der Waals surface area contributed by atoms with Gasteiger partial charge < -0.3 is 0 Å². The van der Waals surface area contributed by atoms with Crippen LogP contribution in [0.1, 0.15) is 12.8 Å². The minimum Gasteiger partial charge on any atom is -0.282 e. The molecule has 1 aliphatic heterocycles. The van der Waals surface area contributed by atoms with Crippen molar-refractivity contribution in [2.45, 2.75) is 12.8 Å². The first-order chi connectivity index (χ1) is 6.25. The van der Waals surface area contributed by atoms with Crippen LogP contribution in [-0.4, -0.2) is 35.3 Å². The first-order valence-corrected chi connectivity index (χ1v) is 5.99. The Morgan fingerprint density at radius 3 is 2.54 bits per heavy atom. The second kappa shape index (κ2) is 3.33. The zero-order valence-electron chi connectivity index (χ0n) is 7.66. The van der Waals surface area contributed by atoms with Crippen LogP contribution >= 0.6 is 11.8 Å². The first-order valence-electron chi connectivity index (χ1n) is 4.60. The molecule has 0 radical (unpaired) electrons. The normalized spacial score (nSPS) is 31.0. The van der Waals surface area contributed by atoms with E-state index in [0.717, 1.165) is 18.6 Å². The van der Waals surface area contributed by atoms with Crippen molar-refractivity contribution in [2.24, 2.45) is 11.8 Å². The van der Waals surface area contributed by atoms with Gasteiger partial charge in [0.25, 0.3) is 0 Å². The van der Waals surface area contributed by atoms with E-state index in [0.29, 0.717) is 6.54 Å². The highest BCUT2D eigenvalue weighted by Gasteiger charge is 2.58. The van der Waals surface area contributed by atoms with Gasteiger partial charge in [-0.15, -0.1) is 0 Å². The molecule has 1 saturated heterocycles. The van der Waals surface area contributed by atoms with E-state index < -0.39 is 0 Å². The summed E-state index contributed by atoms with van der Waals surface area (Å²) >= 11 is 1.75. The van der Waals surface area contributed by atoms with E-state index >= 15 is 0 Å². The van der Waals surface area contributed by atoms with Crippen LogP contribution in [0.5, 0.6) is 0 Å². The molecule has 1 aliphatic carbocycles. The van der Waals surface area contributed by atoms with Gasteiger partial charge in [-0.3, -0.25) is 14.5 Å². The van der Waals surface area contributed by atoms with Crippen LogP contribution in [0.25, 0.3) is 0 Å². The molecule has 3 nitrogen and oxygen atoms in total. The molecule has 2 atom stereocenters. The van der Waals surface area contributed by atoms with Gasteiger partial charge in [-0.2, -0.15) is 11.8 Å². The maximum absolute atomic E-state index is 11.4. The van der Waals surface area contributed by atoms with Crippen LogP contribution in [0.15, 0.2) is 0 Å². The molecule has 1 heterocycles. The van der Waals surface area contributed by atoms with E-state index in [-0.39, 0.29) is 23.7 Å². The van der Waals surface area contributed by atoms with Crippen LogP contribution in [-0.2, 0) is 9.59 Å². The smallest absolute Gasteiger partial charge is 0.233 e. The maximum atomic E-state index is 11.4. The Morgan fingerprint density at radius 2 is 2.00 bits per heavy atom. The van der Waals surface area contributed by atoms with E-state index in [4.69, 9.17) is 0 Å². The molecule has 2 aliphatic rings.